The van der Waals surface area contributed by atoms with E-state index in [1.807, 2.05) is 67.6 Å². The predicted octanol–water partition coefficient (Wildman–Crippen LogP) is 8.39. The van der Waals surface area contributed by atoms with Gasteiger partial charge in [-0.2, -0.15) is 4.98 Å². The summed E-state index contributed by atoms with van der Waals surface area (Å²) in [6.07, 6.45) is 0. The zero-order valence-electron chi connectivity index (χ0n) is 24.5. The van der Waals surface area contributed by atoms with Crippen LogP contribution in [-0.4, -0.2) is 27.8 Å². The van der Waals surface area contributed by atoms with Crippen LogP contribution in [0.3, 0.4) is 0 Å². The van der Waals surface area contributed by atoms with Crippen molar-refractivity contribution in [2.45, 2.75) is 30.5 Å². The Morgan fingerprint density at radius 3 is 2.60 bits per heavy atom. The lowest BCUT2D eigenvalue weighted by Crippen LogP contribution is -2.31. The molecule has 6 rings (SSSR count). The van der Waals surface area contributed by atoms with Crippen molar-refractivity contribution in [2.75, 3.05) is 17.7 Å². The fourth-order valence-electron chi connectivity index (χ4n) is 5.03. The molecule has 0 aliphatic carbocycles. The lowest BCUT2D eigenvalue weighted by atomic mass is 9.94. The van der Waals surface area contributed by atoms with E-state index in [1.54, 1.807) is 36.1 Å². The van der Waals surface area contributed by atoms with Crippen LogP contribution in [0.2, 0.25) is 10.0 Å². The molecule has 0 radical (unpaired) electrons. The molecule has 0 bridgehead atoms. The second-order valence-corrected chi connectivity index (χ2v) is 12.0. The van der Waals surface area contributed by atoms with Crippen molar-refractivity contribution in [1.29, 1.82) is 0 Å². The minimum Gasteiger partial charge on any atom is -0.495 e. The number of fused-ring (bicyclic) bond motifs is 1. The van der Waals surface area contributed by atoms with Crippen molar-refractivity contribution < 1.29 is 14.3 Å². The summed E-state index contributed by atoms with van der Waals surface area (Å²) in [7, 11) is 1.57. The molecule has 1 atom stereocenters. The van der Waals surface area contributed by atoms with Gasteiger partial charge in [-0.05, 0) is 54.4 Å². The fourth-order valence-corrected chi connectivity index (χ4v) is 6.28. The molecule has 1 unspecified atom stereocenters. The number of amides is 1. The number of hydrogen-bond acceptors (Lipinski definition) is 7. The Balaban J connectivity index is 1.34. The number of benzene rings is 4. The second-order valence-electron chi connectivity index (χ2n) is 10.3. The third-order valence-corrected chi connectivity index (χ3v) is 8.72. The summed E-state index contributed by atoms with van der Waals surface area (Å²) in [5.41, 5.74) is 4.47. The smallest absolute Gasteiger partial charge is 0.255 e. The lowest BCUT2D eigenvalue weighted by Gasteiger charge is -2.29. The van der Waals surface area contributed by atoms with Crippen LogP contribution in [0.4, 0.5) is 11.6 Å². The standard InChI is InChI=1S/C34H29Cl2N5O3S/c1-21-30(32(42)38-28-13-6-7-14-29(28)43-2)31(41-33(37-21)39-34(40-41)45-20-22-9-4-3-5-10-22)23-11-8-12-26(17-23)44-19-24-15-16-25(35)18-27(24)36/h3-18,31H,19-20H2,1-2H3,(H,38,42)(H,37,39,40). The minimum atomic E-state index is -0.600. The van der Waals surface area contributed by atoms with Crippen LogP contribution in [0.25, 0.3) is 0 Å². The molecule has 4 aromatic carbocycles. The maximum atomic E-state index is 14.0. The van der Waals surface area contributed by atoms with Crippen LogP contribution in [0.15, 0.2) is 113 Å². The summed E-state index contributed by atoms with van der Waals surface area (Å²) >= 11 is 14.0. The number of ether oxygens (including phenoxy) is 2. The van der Waals surface area contributed by atoms with Gasteiger partial charge in [-0.3, -0.25) is 4.79 Å². The molecule has 5 aromatic rings. The number of hydrogen-bond donors (Lipinski definition) is 2. The number of rotatable bonds is 10. The Hall–Kier alpha value is -4.44. The molecule has 8 nitrogen and oxygen atoms in total. The Kier molecular flexibility index (Phi) is 9.30. The largest absolute Gasteiger partial charge is 0.495 e. The topological polar surface area (TPSA) is 90.3 Å². The van der Waals surface area contributed by atoms with E-state index in [1.165, 1.54) is 11.8 Å². The highest BCUT2D eigenvalue weighted by Crippen LogP contribution is 2.39. The van der Waals surface area contributed by atoms with Gasteiger partial charge in [0.25, 0.3) is 5.91 Å². The normalized spacial score (nSPS) is 14.0. The summed E-state index contributed by atoms with van der Waals surface area (Å²) in [6.45, 7) is 2.11. The summed E-state index contributed by atoms with van der Waals surface area (Å²) in [5, 5.41) is 12.9. The predicted molar refractivity (Wildman–Crippen MR) is 179 cm³/mol. The van der Waals surface area contributed by atoms with Gasteiger partial charge >= 0.3 is 0 Å². The van der Waals surface area contributed by atoms with Crippen molar-refractivity contribution >= 4 is 52.5 Å². The van der Waals surface area contributed by atoms with Crippen LogP contribution < -0.4 is 20.1 Å². The van der Waals surface area contributed by atoms with Gasteiger partial charge in [0.2, 0.25) is 11.1 Å². The van der Waals surface area contributed by atoms with Crippen molar-refractivity contribution in [3.63, 3.8) is 0 Å². The third-order valence-electron chi connectivity index (χ3n) is 7.23. The third kappa shape index (κ3) is 6.96. The first-order valence-electron chi connectivity index (χ1n) is 14.1. The molecule has 2 N–H and O–H groups in total. The highest BCUT2D eigenvalue weighted by atomic mass is 35.5. The number of methoxy groups -OCH3 is 1. The van der Waals surface area contributed by atoms with Crippen LogP contribution in [0, 0.1) is 0 Å². The number of para-hydroxylation sites is 2. The van der Waals surface area contributed by atoms with E-state index in [0.29, 0.717) is 55.4 Å². The molecule has 0 fully saturated rings. The SMILES string of the molecule is COc1ccccc1NC(=O)C1=C(C)Nc2nc(SCc3ccccc3)nn2C1c1cccc(OCc2ccc(Cl)cc2Cl)c1. The highest BCUT2D eigenvalue weighted by Gasteiger charge is 2.35. The van der Waals surface area contributed by atoms with Gasteiger partial charge in [0.15, 0.2) is 0 Å². The summed E-state index contributed by atoms with van der Waals surface area (Å²) < 4.78 is 13.4. The number of allylic oxidation sites excluding steroid dienone is 1. The molecule has 1 aliphatic rings. The van der Waals surface area contributed by atoms with Crippen LogP contribution >= 0.6 is 35.0 Å². The van der Waals surface area contributed by atoms with E-state index >= 15 is 0 Å². The zero-order chi connectivity index (χ0) is 31.3. The molecule has 0 saturated heterocycles. The molecule has 1 aliphatic heterocycles. The maximum absolute atomic E-state index is 14.0. The number of aromatic nitrogens is 3. The molecule has 2 heterocycles. The van der Waals surface area contributed by atoms with Crippen LogP contribution in [0.5, 0.6) is 11.5 Å². The number of carbonyl (C=O) groups is 1. The monoisotopic (exact) mass is 657 g/mol. The van der Waals surface area contributed by atoms with Gasteiger partial charge in [0.05, 0.1) is 18.4 Å². The molecule has 1 aromatic heterocycles. The molecule has 228 valence electrons. The Bertz CT molecular complexity index is 1880. The van der Waals surface area contributed by atoms with E-state index in [-0.39, 0.29) is 12.5 Å². The molecule has 0 spiro atoms. The average Bonchev–Trinajstić information content (AvgIpc) is 3.46. The van der Waals surface area contributed by atoms with E-state index < -0.39 is 6.04 Å². The van der Waals surface area contributed by atoms with Gasteiger partial charge in [-0.25, -0.2) is 4.68 Å². The van der Waals surface area contributed by atoms with Gasteiger partial charge in [0, 0.05) is 27.1 Å². The number of thioether (sulfide) groups is 1. The molecular weight excluding hydrogens is 629 g/mol. The Morgan fingerprint density at radius 2 is 1.80 bits per heavy atom. The van der Waals surface area contributed by atoms with Crippen LogP contribution in [0.1, 0.15) is 29.7 Å². The zero-order valence-corrected chi connectivity index (χ0v) is 26.8. The van der Waals surface area contributed by atoms with Gasteiger partial charge in [-0.15, -0.1) is 5.10 Å². The second kappa shape index (κ2) is 13.7. The minimum absolute atomic E-state index is 0.247. The van der Waals surface area contributed by atoms with Gasteiger partial charge < -0.3 is 20.1 Å². The average molecular weight is 659 g/mol. The maximum Gasteiger partial charge on any atom is 0.255 e. The first-order valence-corrected chi connectivity index (χ1v) is 15.9. The van der Waals surface area contributed by atoms with E-state index in [4.69, 9.17) is 42.8 Å². The van der Waals surface area contributed by atoms with E-state index in [2.05, 4.69) is 22.8 Å². The highest BCUT2D eigenvalue weighted by molar-refractivity contribution is 7.98. The first kappa shape index (κ1) is 30.6. The summed E-state index contributed by atoms with van der Waals surface area (Å²) in [5.74, 6) is 2.12. The number of nitrogens with one attached hydrogen (secondary N) is 2. The van der Waals surface area contributed by atoms with Gasteiger partial charge in [0.1, 0.15) is 24.1 Å². The lowest BCUT2D eigenvalue weighted by molar-refractivity contribution is -0.113. The molecule has 0 saturated carbocycles. The number of anilines is 2. The summed E-state index contributed by atoms with van der Waals surface area (Å²) in [6, 6.07) is 29.7. The van der Waals surface area contributed by atoms with Crippen molar-refractivity contribution in [2.24, 2.45) is 0 Å². The van der Waals surface area contributed by atoms with E-state index in [0.717, 1.165) is 16.7 Å². The Labute approximate surface area is 275 Å². The van der Waals surface area contributed by atoms with Gasteiger partial charge in [-0.1, -0.05) is 95.6 Å². The molecule has 45 heavy (non-hydrogen) atoms. The number of carbonyl (C=O) groups excluding carboxylic acids is 1. The van der Waals surface area contributed by atoms with E-state index in [9.17, 15) is 4.79 Å². The molecule has 11 heteroatoms. The molecular formula is C34H29Cl2N5O3S. The molecule has 1 amide bonds. The van der Waals surface area contributed by atoms with Crippen LogP contribution in [-0.2, 0) is 17.2 Å². The first-order chi connectivity index (χ1) is 21.9. The number of halogens is 2. The number of nitrogens with zero attached hydrogens (tertiary/aromatic N) is 3. The quantitative estimate of drug-likeness (QED) is 0.146. The van der Waals surface area contributed by atoms with Crippen molar-refractivity contribution in [1.82, 2.24) is 14.8 Å². The Morgan fingerprint density at radius 1 is 1.00 bits per heavy atom. The van der Waals surface area contributed by atoms with Crippen molar-refractivity contribution in [3.05, 3.63) is 135 Å². The fraction of sp³-hybridized carbons (Fsp3) is 0.147. The van der Waals surface area contributed by atoms with Crippen molar-refractivity contribution in [3.8, 4) is 11.5 Å². The summed E-state index contributed by atoms with van der Waals surface area (Å²) in [4.78, 5) is 18.8.